The van der Waals surface area contributed by atoms with E-state index in [4.69, 9.17) is 11.6 Å². The van der Waals surface area contributed by atoms with Gasteiger partial charge in [0.15, 0.2) is 0 Å². The lowest BCUT2D eigenvalue weighted by Crippen LogP contribution is -2.01. The molecule has 0 fully saturated rings. The zero-order chi connectivity index (χ0) is 17.4. The monoisotopic (exact) mass is 370 g/mol. The molecule has 0 saturated carbocycles. The van der Waals surface area contributed by atoms with Crippen LogP contribution in [0.2, 0.25) is 5.02 Å². The predicted octanol–water partition coefficient (Wildman–Crippen LogP) is 5.16. The number of hydrogen-bond acceptors (Lipinski definition) is 4. The first kappa shape index (κ1) is 15.9. The molecule has 0 bridgehead atoms. The van der Waals surface area contributed by atoms with Gasteiger partial charge in [0.25, 0.3) is 0 Å². The van der Waals surface area contributed by atoms with E-state index in [0.717, 1.165) is 22.0 Å². The van der Waals surface area contributed by atoms with Gasteiger partial charge in [-0.2, -0.15) is 0 Å². The molecule has 2 aromatic heterocycles. The fraction of sp³-hybridized carbons (Fsp3) is 0.0556. The third-order valence-corrected chi connectivity index (χ3v) is 4.92. The first-order valence-corrected chi connectivity index (χ1v) is 8.78. The van der Waals surface area contributed by atoms with Crippen molar-refractivity contribution in [3.63, 3.8) is 0 Å². The van der Waals surface area contributed by atoms with Crippen molar-refractivity contribution in [1.29, 1.82) is 0 Å². The molecule has 0 aliphatic rings. The molecular weight excluding hydrogens is 359 g/mol. The molecule has 4 rings (SSSR count). The number of thiazole rings is 1. The Kier molecular flexibility index (Phi) is 4.07. The minimum atomic E-state index is -0.344. The molecule has 0 unspecified atom stereocenters. The fourth-order valence-electron chi connectivity index (χ4n) is 2.51. The van der Waals surface area contributed by atoms with E-state index in [1.54, 1.807) is 18.2 Å². The molecule has 0 saturated heterocycles. The van der Waals surface area contributed by atoms with Crippen LogP contribution in [0.25, 0.3) is 27.6 Å². The van der Waals surface area contributed by atoms with Gasteiger partial charge in [-0.15, -0.1) is 16.4 Å². The van der Waals surface area contributed by atoms with Gasteiger partial charge in [-0.05, 0) is 31.2 Å². The third-order valence-electron chi connectivity index (χ3n) is 3.82. The Morgan fingerprint density at radius 3 is 2.60 bits per heavy atom. The van der Waals surface area contributed by atoms with Crippen molar-refractivity contribution >= 4 is 22.9 Å². The third kappa shape index (κ3) is 2.94. The Morgan fingerprint density at radius 2 is 1.84 bits per heavy atom. The molecule has 25 heavy (non-hydrogen) atoms. The Morgan fingerprint density at radius 1 is 1.08 bits per heavy atom. The molecule has 0 aliphatic carbocycles. The normalized spacial score (nSPS) is 11.0. The van der Waals surface area contributed by atoms with Gasteiger partial charge in [0, 0.05) is 16.0 Å². The minimum Gasteiger partial charge on any atom is -0.234 e. The summed E-state index contributed by atoms with van der Waals surface area (Å²) >= 11 is 7.40. The van der Waals surface area contributed by atoms with E-state index in [1.165, 1.54) is 22.1 Å². The van der Waals surface area contributed by atoms with Crippen LogP contribution in [0.1, 0.15) is 5.69 Å². The van der Waals surface area contributed by atoms with Crippen molar-refractivity contribution in [1.82, 2.24) is 20.0 Å². The maximum Gasteiger partial charge on any atom is 0.148 e. The van der Waals surface area contributed by atoms with Crippen molar-refractivity contribution in [2.75, 3.05) is 0 Å². The second-order valence-electron chi connectivity index (χ2n) is 5.43. The number of nitrogens with zero attached hydrogens (tertiary/aromatic N) is 4. The predicted molar refractivity (Wildman–Crippen MR) is 97.6 cm³/mol. The largest absolute Gasteiger partial charge is 0.234 e. The zero-order valence-corrected chi connectivity index (χ0v) is 14.7. The molecule has 7 heteroatoms. The molecule has 2 aromatic carbocycles. The van der Waals surface area contributed by atoms with Crippen molar-refractivity contribution < 1.29 is 4.39 Å². The number of benzene rings is 2. The Balaban J connectivity index is 1.72. The van der Waals surface area contributed by atoms with E-state index >= 15 is 0 Å². The van der Waals surface area contributed by atoms with Crippen molar-refractivity contribution in [2.45, 2.75) is 6.92 Å². The molecule has 2 heterocycles. The minimum absolute atomic E-state index is 0.344. The maximum absolute atomic E-state index is 14.0. The van der Waals surface area contributed by atoms with Gasteiger partial charge in [-0.1, -0.05) is 41.1 Å². The van der Waals surface area contributed by atoms with E-state index in [1.807, 2.05) is 36.6 Å². The smallest absolute Gasteiger partial charge is 0.148 e. The van der Waals surface area contributed by atoms with Crippen molar-refractivity contribution in [3.8, 4) is 27.6 Å². The number of aromatic nitrogens is 4. The molecule has 0 radical (unpaired) electrons. The van der Waals surface area contributed by atoms with Gasteiger partial charge in [-0.3, -0.25) is 0 Å². The summed E-state index contributed by atoms with van der Waals surface area (Å²) in [7, 11) is 0. The van der Waals surface area contributed by atoms with Crippen LogP contribution in [0.15, 0.2) is 53.9 Å². The number of halogens is 2. The summed E-state index contributed by atoms with van der Waals surface area (Å²) < 4.78 is 15.5. The van der Waals surface area contributed by atoms with Crippen molar-refractivity contribution in [2.24, 2.45) is 0 Å². The highest BCUT2D eigenvalue weighted by molar-refractivity contribution is 7.13. The number of rotatable bonds is 3. The molecule has 0 atom stereocenters. The quantitative estimate of drug-likeness (QED) is 0.500. The Hall–Kier alpha value is -2.57. The van der Waals surface area contributed by atoms with Gasteiger partial charge in [0.1, 0.15) is 22.2 Å². The molecule has 0 spiro atoms. The van der Waals surface area contributed by atoms with Gasteiger partial charge >= 0.3 is 0 Å². The number of hydrogen-bond donors (Lipinski definition) is 0. The zero-order valence-electron chi connectivity index (χ0n) is 13.1. The summed E-state index contributed by atoms with van der Waals surface area (Å²) in [5, 5.41) is 11.7. The lowest BCUT2D eigenvalue weighted by Gasteiger charge is -2.04. The fourth-order valence-corrected chi connectivity index (χ4v) is 3.50. The molecule has 124 valence electrons. The van der Waals surface area contributed by atoms with Gasteiger partial charge in [0.2, 0.25) is 0 Å². The Labute approximate surface area is 152 Å². The second-order valence-corrected chi connectivity index (χ2v) is 6.73. The van der Waals surface area contributed by atoms with Crippen LogP contribution in [-0.4, -0.2) is 20.0 Å². The van der Waals surface area contributed by atoms with Crippen LogP contribution < -0.4 is 0 Å². The average Bonchev–Trinajstić information content (AvgIpc) is 3.23. The van der Waals surface area contributed by atoms with Crippen molar-refractivity contribution in [3.05, 3.63) is 70.4 Å². The maximum atomic E-state index is 14.0. The molecular formula is C18H12ClFN4S. The van der Waals surface area contributed by atoms with Crippen LogP contribution in [0.5, 0.6) is 0 Å². The molecule has 4 nitrogen and oxygen atoms in total. The summed E-state index contributed by atoms with van der Waals surface area (Å²) in [6.07, 6.45) is 0. The van der Waals surface area contributed by atoms with Crippen LogP contribution in [-0.2, 0) is 0 Å². The summed E-state index contributed by atoms with van der Waals surface area (Å²) in [5.41, 5.74) is 3.58. The summed E-state index contributed by atoms with van der Waals surface area (Å²) in [6.45, 7) is 1.85. The lowest BCUT2D eigenvalue weighted by molar-refractivity contribution is 0.604. The SMILES string of the molecule is Cc1c(-c2nc(-c3ccc(Cl)cc3)cs2)nnn1-c1ccccc1F. The van der Waals surface area contributed by atoms with E-state index in [0.29, 0.717) is 16.4 Å². The van der Waals surface area contributed by atoms with E-state index < -0.39 is 0 Å². The van der Waals surface area contributed by atoms with Crippen LogP contribution in [0.3, 0.4) is 0 Å². The molecule has 0 aliphatic heterocycles. The van der Waals surface area contributed by atoms with E-state index in [9.17, 15) is 4.39 Å². The van der Waals surface area contributed by atoms with Crippen LogP contribution >= 0.6 is 22.9 Å². The van der Waals surface area contributed by atoms with Crippen LogP contribution in [0, 0.1) is 12.7 Å². The van der Waals surface area contributed by atoms with Crippen LogP contribution in [0.4, 0.5) is 4.39 Å². The first-order chi connectivity index (χ1) is 12.1. The summed E-state index contributed by atoms with van der Waals surface area (Å²) in [5.74, 6) is -0.344. The standard InChI is InChI=1S/C18H12ClFN4S/c1-11-17(22-23-24(11)16-5-3-2-4-14(16)20)18-21-15(10-25-18)12-6-8-13(19)9-7-12/h2-10H,1H3. The van der Waals surface area contributed by atoms with E-state index in [-0.39, 0.29) is 5.82 Å². The second kappa shape index (κ2) is 6.38. The summed E-state index contributed by atoms with van der Waals surface area (Å²) in [6, 6.07) is 14.0. The van der Waals surface area contributed by atoms with Gasteiger partial charge in [0.05, 0.1) is 11.4 Å². The molecule has 0 N–H and O–H groups in total. The highest BCUT2D eigenvalue weighted by atomic mass is 35.5. The average molecular weight is 371 g/mol. The summed E-state index contributed by atoms with van der Waals surface area (Å²) in [4.78, 5) is 4.64. The number of para-hydroxylation sites is 1. The van der Waals surface area contributed by atoms with Gasteiger partial charge in [-0.25, -0.2) is 14.1 Å². The van der Waals surface area contributed by atoms with E-state index in [2.05, 4.69) is 15.3 Å². The lowest BCUT2D eigenvalue weighted by atomic mass is 10.2. The Bertz CT molecular complexity index is 1040. The first-order valence-electron chi connectivity index (χ1n) is 7.52. The molecule has 4 aromatic rings. The van der Waals surface area contributed by atoms with Gasteiger partial charge < -0.3 is 0 Å². The highest BCUT2D eigenvalue weighted by Crippen LogP contribution is 2.30. The highest BCUT2D eigenvalue weighted by Gasteiger charge is 2.17. The molecule has 0 amide bonds. The topological polar surface area (TPSA) is 43.6 Å².